The summed E-state index contributed by atoms with van der Waals surface area (Å²) in [6, 6.07) is 19.7. The number of imidazole rings is 1. The summed E-state index contributed by atoms with van der Waals surface area (Å²) in [5.74, 6) is 0.631. The Morgan fingerprint density at radius 1 is 1.03 bits per heavy atom. The Kier molecular flexibility index (Phi) is 5.56. The molecule has 0 spiro atoms. The smallest absolute Gasteiger partial charge is 0.263 e. The first-order chi connectivity index (χ1) is 16.4. The van der Waals surface area contributed by atoms with Crippen LogP contribution in [-0.4, -0.2) is 14.5 Å². The second-order valence-corrected chi connectivity index (χ2v) is 8.79. The molecule has 0 amide bonds. The fourth-order valence-corrected chi connectivity index (χ4v) is 4.58. The quantitative estimate of drug-likeness (QED) is 0.294. The van der Waals surface area contributed by atoms with Crippen molar-refractivity contribution in [1.82, 2.24) is 14.5 Å². The molecule has 0 atom stereocenters. The van der Waals surface area contributed by atoms with Gasteiger partial charge in [0.2, 0.25) is 0 Å². The lowest BCUT2D eigenvalue weighted by Gasteiger charge is -2.08. The number of anilines is 2. The van der Waals surface area contributed by atoms with Crippen LogP contribution in [0.5, 0.6) is 0 Å². The van der Waals surface area contributed by atoms with Crippen LogP contribution < -0.4 is 5.32 Å². The van der Waals surface area contributed by atoms with Crippen LogP contribution in [-0.2, 0) is 7.05 Å². The summed E-state index contributed by atoms with van der Waals surface area (Å²) in [6.07, 6.45) is -2.53. The number of rotatable bonds is 5. The number of fused-ring (bicyclic) bond motifs is 1. The molecule has 2 heterocycles. The van der Waals surface area contributed by atoms with Crippen molar-refractivity contribution in [3.63, 3.8) is 0 Å². The fraction of sp³-hybridized carbons (Fsp3) is 0.115. The number of hydrogen-bond donors (Lipinski definition) is 1. The van der Waals surface area contributed by atoms with E-state index in [1.165, 1.54) is 23.5 Å². The van der Waals surface area contributed by atoms with Crippen molar-refractivity contribution in [1.29, 1.82) is 5.26 Å². The average molecular weight is 472 g/mol. The highest BCUT2D eigenvalue weighted by molar-refractivity contribution is 7.14. The number of aryl methyl sites for hydroxylation is 2. The van der Waals surface area contributed by atoms with E-state index in [0.29, 0.717) is 17.0 Å². The van der Waals surface area contributed by atoms with Gasteiger partial charge in [-0.1, -0.05) is 30.3 Å². The standard InChI is InChI=1S/C26H19F2N5S/c1-15-10-23-21(30-25(33(23)2)19-5-3-4-18(11-19)24(27)28)12-20(15)31-26-32-22(14-34-26)17-8-6-16(13-29)7-9-17/h3-12,14,24H,1-2H3,(H,31,32). The van der Waals surface area contributed by atoms with Gasteiger partial charge < -0.3 is 9.88 Å². The SMILES string of the molecule is Cc1cc2c(cc1Nc1nc(-c3ccc(C#N)cc3)cs1)nc(-c1cccc(C(F)F)c1)n2C. The molecular formula is C26H19F2N5S. The van der Waals surface area contributed by atoms with Crippen molar-refractivity contribution in [2.24, 2.45) is 7.05 Å². The van der Waals surface area contributed by atoms with Gasteiger partial charge >= 0.3 is 0 Å². The van der Waals surface area contributed by atoms with Gasteiger partial charge in [0.25, 0.3) is 6.43 Å². The number of alkyl halides is 2. The van der Waals surface area contributed by atoms with E-state index in [1.807, 2.05) is 48.2 Å². The van der Waals surface area contributed by atoms with Crippen LogP contribution in [0.2, 0.25) is 0 Å². The summed E-state index contributed by atoms with van der Waals surface area (Å²) in [5.41, 5.74) is 6.57. The number of nitriles is 1. The van der Waals surface area contributed by atoms with Gasteiger partial charge in [0.05, 0.1) is 28.4 Å². The van der Waals surface area contributed by atoms with Gasteiger partial charge in [-0.15, -0.1) is 11.3 Å². The third-order valence-corrected chi connectivity index (χ3v) is 6.44. The van der Waals surface area contributed by atoms with Gasteiger partial charge in [-0.05, 0) is 42.8 Å². The number of nitrogens with one attached hydrogen (secondary N) is 1. The fourth-order valence-electron chi connectivity index (χ4n) is 3.84. The first-order valence-corrected chi connectivity index (χ1v) is 11.4. The normalized spacial score (nSPS) is 11.2. The maximum atomic E-state index is 13.2. The van der Waals surface area contributed by atoms with Gasteiger partial charge in [-0.25, -0.2) is 18.7 Å². The first kappa shape index (κ1) is 21.7. The lowest BCUT2D eigenvalue weighted by atomic mass is 10.1. The van der Waals surface area contributed by atoms with Gasteiger partial charge in [0.1, 0.15) is 5.82 Å². The van der Waals surface area contributed by atoms with Crippen LogP contribution in [0.1, 0.15) is 23.1 Å². The molecule has 0 unspecified atom stereocenters. The van der Waals surface area contributed by atoms with Gasteiger partial charge in [0, 0.05) is 34.8 Å². The van der Waals surface area contributed by atoms with E-state index in [1.54, 1.807) is 24.3 Å². The molecule has 34 heavy (non-hydrogen) atoms. The largest absolute Gasteiger partial charge is 0.331 e. The lowest BCUT2D eigenvalue weighted by Crippen LogP contribution is -1.95. The molecule has 0 aliphatic rings. The Balaban J connectivity index is 1.46. The van der Waals surface area contributed by atoms with Crippen LogP contribution in [0.15, 0.2) is 66.0 Å². The monoisotopic (exact) mass is 471 g/mol. The number of benzene rings is 3. The van der Waals surface area contributed by atoms with Crippen LogP contribution in [0.25, 0.3) is 33.7 Å². The van der Waals surface area contributed by atoms with E-state index < -0.39 is 6.43 Å². The minimum atomic E-state index is -2.53. The van der Waals surface area contributed by atoms with Crippen molar-refractivity contribution >= 4 is 33.2 Å². The van der Waals surface area contributed by atoms with E-state index in [-0.39, 0.29) is 5.56 Å². The zero-order valence-corrected chi connectivity index (χ0v) is 19.2. The first-order valence-electron chi connectivity index (χ1n) is 10.5. The number of aromatic nitrogens is 3. The summed E-state index contributed by atoms with van der Waals surface area (Å²) in [4.78, 5) is 9.41. The molecule has 2 aromatic heterocycles. The topological polar surface area (TPSA) is 66.5 Å². The summed E-state index contributed by atoms with van der Waals surface area (Å²) in [7, 11) is 1.89. The summed E-state index contributed by atoms with van der Waals surface area (Å²) in [6.45, 7) is 2.00. The molecule has 1 N–H and O–H groups in total. The minimum absolute atomic E-state index is 0.0232. The van der Waals surface area contributed by atoms with Crippen molar-refractivity contribution in [3.05, 3.63) is 82.7 Å². The Labute approximate surface area is 199 Å². The molecule has 168 valence electrons. The molecule has 5 nitrogen and oxygen atoms in total. The molecule has 0 aliphatic carbocycles. The second-order valence-electron chi connectivity index (χ2n) is 7.93. The highest BCUT2D eigenvalue weighted by atomic mass is 32.1. The third kappa shape index (κ3) is 4.02. The summed E-state index contributed by atoms with van der Waals surface area (Å²) >= 11 is 1.49. The second kappa shape index (κ2) is 8.69. The molecule has 0 aliphatic heterocycles. The Morgan fingerprint density at radius 2 is 1.82 bits per heavy atom. The van der Waals surface area contributed by atoms with E-state index in [2.05, 4.69) is 16.4 Å². The van der Waals surface area contributed by atoms with Crippen molar-refractivity contribution in [3.8, 4) is 28.7 Å². The minimum Gasteiger partial charge on any atom is -0.331 e. The number of hydrogen-bond acceptors (Lipinski definition) is 5. The molecule has 8 heteroatoms. The zero-order chi connectivity index (χ0) is 23.8. The molecule has 0 saturated carbocycles. The molecule has 0 saturated heterocycles. The summed E-state index contributed by atoms with van der Waals surface area (Å²) in [5, 5.41) is 15.1. The predicted molar refractivity (Wildman–Crippen MR) is 131 cm³/mol. The van der Waals surface area contributed by atoms with Crippen LogP contribution in [0, 0.1) is 18.3 Å². The average Bonchev–Trinajstić information content (AvgIpc) is 3.44. The summed E-state index contributed by atoms with van der Waals surface area (Å²) < 4.78 is 28.3. The molecule has 5 rings (SSSR count). The molecule has 5 aromatic rings. The van der Waals surface area contributed by atoms with Crippen molar-refractivity contribution < 1.29 is 8.78 Å². The third-order valence-electron chi connectivity index (χ3n) is 5.68. The van der Waals surface area contributed by atoms with Crippen molar-refractivity contribution in [2.45, 2.75) is 13.3 Å². The predicted octanol–water partition coefficient (Wildman–Crippen LogP) is 7.23. The Morgan fingerprint density at radius 3 is 2.56 bits per heavy atom. The molecule has 0 radical (unpaired) electrons. The van der Waals surface area contributed by atoms with Gasteiger partial charge in [-0.3, -0.25) is 0 Å². The highest BCUT2D eigenvalue weighted by Gasteiger charge is 2.15. The lowest BCUT2D eigenvalue weighted by molar-refractivity contribution is 0.151. The Bertz CT molecular complexity index is 1540. The number of halogens is 2. The maximum Gasteiger partial charge on any atom is 0.263 e. The van der Waals surface area contributed by atoms with Crippen LogP contribution >= 0.6 is 11.3 Å². The number of thiazole rings is 1. The number of nitrogens with zero attached hydrogens (tertiary/aromatic N) is 4. The van der Waals surface area contributed by atoms with E-state index >= 15 is 0 Å². The zero-order valence-electron chi connectivity index (χ0n) is 18.4. The highest BCUT2D eigenvalue weighted by Crippen LogP contribution is 2.33. The van der Waals surface area contributed by atoms with Gasteiger partial charge in [0.15, 0.2) is 5.13 Å². The van der Waals surface area contributed by atoms with Crippen LogP contribution in [0.4, 0.5) is 19.6 Å². The molecular weight excluding hydrogens is 452 g/mol. The van der Waals surface area contributed by atoms with E-state index in [0.717, 1.165) is 38.7 Å². The van der Waals surface area contributed by atoms with Crippen LogP contribution in [0.3, 0.4) is 0 Å². The Hall–Kier alpha value is -4.09. The van der Waals surface area contributed by atoms with E-state index in [9.17, 15) is 8.78 Å². The van der Waals surface area contributed by atoms with E-state index in [4.69, 9.17) is 10.2 Å². The molecule has 0 bridgehead atoms. The molecule has 0 fully saturated rings. The van der Waals surface area contributed by atoms with Gasteiger partial charge in [-0.2, -0.15) is 5.26 Å². The molecule has 3 aromatic carbocycles. The van der Waals surface area contributed by atoms with Crippen molar-refractivity contribution in [2.75, 3.05) is 5.32 Å². The maximum absolute atomic E-state index is 13.2.